The van der Waals surface area contributed by atoms with Gasteiger partial charge in [0.15, 0.2) is 6.79 Å². The van der Waals surface area contributed by atoms with Crippen molar-refractivity contribution in [1.82, 2.24) is 0 Å². The molecule has 1 aromatic rings. The van der Waals surface area contributed by atoms with Gasteiger partial charge in [-0.15, -0.1) is 0 Å². The first kappa shape index (κ1) is 15.7. The number of unbranched alkanes of at least 4 members (excludes halogenated alkanes) is 1. The van der Waals surface area contributed by atoms with Crippen molar-refractivity contribution < 1.29 is 24.1 Å². The van der Waals surface area contributed by atoms with Gasteiger partial charge in [0.1, 0.15) is 11.9 Å². The first-order chi connectivity index (χ1) is 10.1. The van der Waals surface area contributed by atoms with E-state index in [1.165, 1.54) is 0 Å². The maximum absolute atomic E-state index is 10.6. The van der Waals surface area contributed by atoms with Crippen LogP contribution < -0.4 is 10.2 Å². The summed E-state index contributed by atoms with van der Waals surface area (Å²) in [6.07, 6.45) is 1.23. The fraction of sp³-hybridized carbons (Fsp3) is 0.538. The van der Waals surface area contributed by atoms with Crippen molar-refractivity contribution >= 4 is 12.6 Å². The van der Waals surface area contributed by atoms with E-state index in [1.54, 1.807) is 18.2 Å². The van der Waals surface area contributed by atoms with E-state index in [9.17, 15) is 15.1 Å². The molecule has 2 rings (SSSR count). The molecule has 1 unspecified atom stereocenters. The average molecular weight is 295 g/mol. The van der Waals surface area contributed by atoms with Crippen molar-refractivity contribution in [3.05, 3.63) is 33.9 Å². The van der Waals surface area contributed by atoms with Gasteiger partial charge in [-0.05, 0) is 18.1 Å². The van der Waals surface area contributed by atoms with Crippen LogP contribution in [-0.4, -0.2) is 37.0 Å². The number of nitrogens with zero attached hydrogens (tertiary/aromatic N) is 1. The summed E-state index contributed by atoms with van der Waals surface area (Å²) < 4.78 is 16.0. The highest BCUT2D eigenvalue weighted by Gasteiger charge is 2.40. The molecular weight excluding hydrogens is 277 g/mol. The van der Waals surface area contributed by atoms with Crippen molar-refractivity contribution in [2.45, 2.75) is 25.9 Å². The van der Waals surface area contributed by atoms with Gasteiger partial charge in [-0.25, -0.2) is 0 Å². The van der Waals surface area contributed by atoms with E-state index in [2.05, 4.69) is 6.92 Å². The van der Waals surface area contributed by atoms with E-state index in [0.717, 1.165) is 12.8 Å². The van der Waals surface area contributed by atoms with Gasteiger partial charge in [0.25, 0.3) is 0 Å². The molecule has 0 radical (unpaired) electrons. The van der Waals surface area contributed by atoms with Gasteiger partial charge in [-0.1, -0.05) is 25.5 Å². The van der Waals surface area contributed by atoms with E-state index in [1.807, 2.05) is 0 Å². The second-order valence-corrected chi connectivity index (χ2v) is 4.78. The fourth-order valence-electron chi connectivity index (χ4n) is 2.22. The van der Waals surface area contributed by atoms with Crippen LogP contribution in [0.4, 0.5) is 0 Å². The summed E-state index contributed by atoms with van der Waals surface area (Å²) >= 11 is 0. The number of hydrogen-bond acceptors (Lipinski definition) is 6. The second-order valence-electron chi connectivity index (χ2n) is 4.78. The van der Waals surface area contributed by atoms with Crippen molar-refractivity contribution in [3.63, 3.8) is 0 Å². The maximum Gasteiger partial charge on any atom is 0.496 e. The van der Waals surface area contributed by atoms with Crippen LogP contribution in [0.5, 0.6) is 5.75 Å². The van der Waals surface area contributed by atoms with Gasteiger partial charge < -0.3 is 19.2 Å². The summed E-state index contributed by atoms with van der Waals surface area (Å²) in [6, 6.07) is 5.10. The molecular formula is C13H18BNO6. The molecule has 1 aliphatic heterocycles. The van der Waals surface area contributed by atoms with Crippen LogP contribution in [0, 0.1) is 10.1 Å². The second kappa shape index (κ2) is 7.40. The molecule has 0 bridgehead atoms. The quantitative estimate of drug-likeness (QED) is 0.252. The summed E-state index contributed by atoms with van der Waals surface area (Å²) in [5.41, 5.74) is 1.04. The highest BCUT2D eigenvalue weighted by molar-refractivity contribution is 6.62. The van der Waals surface area contributed by atoms with Crippen molar-refractivity contribution in [3.8, 4) is 5.75 Å². The van der Waals surface area contributed by atoms with E-state index >= 15 is 0 Å². The van der Waals surface area contributed by atoms with Crippen molar-refractivity contribution in [2.75, 3.05) is 19.9 Å². The van der Waals surface area contributed by atoms with E-state index in [0.29, 0.717) is 23.4 Å². The first-order valence-corrected chi connectivity index (χ1v) is 6.92. The average Bonchev–Trinajstić information content (AvgIpc) is 2.75. The zero-order valence-electron chi connectivity index (χ0n) is 11.9. The molecule has 21 heavy (non-hydrogen) atoms. The summed E-state index contributed by atoms with van der Waals surface area (Å²) in [7, 11) is -1.21. The third kappa shape index (κ3) is 3.93. The van der Waals surface area contributed by atoms with Crippen LogP contribution in [0.1, 0.15) is 31.4 Å². The third-order valence-electron chi connectivity index (χ3n) is 3.24. The zero-order chi connectivity index (χ0) is 15.2. The minimum Gasteiger partial charge on any atom is -0.468 e. The Morgan fingerprint density at radius 1 is 1.52 bits per heavy atom. The highest BCUT2D eigenvalue weighted by Crippen LogP contribution is 2.27. The molecule has 1 aliphatic rings. The van der Waals surface area contributed by atoms with Gasteiger partial charge in [-0.2, -0.15) is 0 Å². The molecule has 0 spiro atoms. The normalized spacial score (nSPS) is 16.9. The molecule has 1 aromatic carbocycles. The third-order valence-corrected chi connectivity index (χ3v) is 3.24. The Bertz CT molecular complexity index is 498. The Hall–Kier alpha value is -1.64. The summed E-state index contributed by atoms with van der Waals surface area (Å²) in [6.45, 7) is 2.36. The van der Waals surface area contributed by atoms with Crippen LogP contribution >= 0.6 is 0 Å². The molecule has 1 N–H and O–H groups in total. The summed E-state index contributed by atoms with van der Waals surface area (Å²) in [5, 5.41) is 20.5. The van der Waals surface area contributed by atoms with Crippen LogP contribution in [0.15, 0.2) is 18.2 Å². The Labute approximate surface area is 123 Å². The monoisotopic (exact) mass is 295 g/mol. The molecule has 0 aliphatic carbocycles. The number of benzene rings is 1. The van der Waals surface area contributed by atoms with E-state index < -0.39 is 18.1 Å². The lowest BCUT2D eigenvalue weighted by Crippen LogP contribution is -2.30. The molecule has 0 saturated carbocycles. The Balaban J connectivity index is 2.04. The number of ether oxygens (including phenoxy) is 2. The lowest BCUT2D eigenvalue weighted by Gasteiger charge is -2.11. The minimum atomic E-state index is -1.21. The van der Waals surface area contributed by atoms with Gasteiger partial charge in [0, 0.05) is 10.4 Å². The molecule has 7 nitrogen and oxygen atoms in total. The fourth-order valence-corrected chi connectivity index (χ4v) is 2.22. The number of hydrogen-bond donors (Lipinski definition) is 1. The number of nitro groups is 1. The summed E-state index contributed by atoms with van der Waals surface area (Å²) in [4.78, 5) is 10.2. The standard InChI is InChI=1S/C13H18BNO6/c1-2-3-7-19-9-20-11-6-4-5-10-12(8-15(17)18)21-14(16)13(10)11/h4-6,12,16H,2-3,7-9H2,1H3. The van der Waals surface area contributed by atoms with Crippen molar-refractivity contribution in [2.24, 2.45) is 0 Å². The SMILES string of the molecule is CCCCOCOc1cccc2c1B(O)OC2C[N+](=O)[O-]. The summed E-state index contributed by atoms with van der Waals surface area (Å²) in [5.74, 6) is 0.433. The maximum atomic E-state index is 10.6. The molecule has 114 valence electrons. The lowest BCUT2D eigenvalue weighted by molar-refractivity contribution is -0.490. The molecule has 1 atom stereocenters. The topological polar surface area (TPSA) is 91.1 Å². The number of fused-ring (bicyclic) bond motifs is 1. The molecule has 0 fully saturated rings. The molecule has 0 amide bonds. The minimum absolute atomic E-state index is 0.0725. The zero-order valence-corrected chi connectivity index (χ0v) is 11.9. The van der Waals surface area contributed by atoms with Crippen LogP contribution in [0.3, 0.4) is 0 Å². The first-order valence-electron chi connectivity index (χ1n) is 6.92. The Morgan fingerprint density at radius 2 is 2.33 bits per heavy atom. The van der Waals surface area contributed by atoms with Crippen LogP contribution in [-0.2, 0) is 9.39 Å². The van der Waals surface area contributed by atoms with Gasteiger partial charge in [-0.3, -0.25) is 10.1 Å². The Morgan fingerprint density at radius 3 is 3.05 bits per heavy atom. The van der Waals surface area contributed by atoms with Crippen LogP contribution in [0.2, 0.25) is 0 Å². The van der Waals surface area contributed by atoms with Crippen molar-refractivity contribution in [1.29, 1.82) is 0 Å². The Kier molecular flexibility index (Phi) is 5.55. The van der Waals surface area contributed by atoms with Gasteiger partial charge in [0.05, 0.1) is 6.61 Å². The van der Waals surface area contributed by atoms with Gasteiger partial charge >= 0.3 is 7.12 Å². The smallest absolute Gasteiger partial charge is 0.468 e. The number of rotatable bonds is 8. The molecule has 0 aromatic heterocycles. The largest absolute Gasteiger partial charge is 0.496 e. The predicted molar refractivity (Wildman–Crippen MR) is 76.1 cm³/mol. The molecule has 0 saturated heterocycles. The van der Waals surface area contributed by atoms with E-state index in [4.69, 9.17) is 14.1 Å². The van der Waals surface area contributed by atoms with Gasteiger partial charge in [0.2, 0.25) is 6.54 Å². The highest BCUT2D eigenvalue weighted by atomic mass is 16.7. The lowest BCUT2D eigenvalue weighted by atomic mass is 9.78. The predicted octanol–water partition coefficient (Wildman–Crippen LogP) is 0.875. The van der Waals surface area contributed by atoms with E-state index in [-0.39, 0.29) is 13.3 Å². The molecule has 8 heteroatoms. The molecule has 1 heterocycles. The van der Waals surface area contributed by atoms with Crippen LogP contribution in [0.25, 0.3) is 0 Å².